The van der Waals surface area contributed by atoms with Crippen LogP contribution >= 0.6 is 0 Å². The summed E-state index contributed by atoms with van der Waals surface area (Å²) in [4.78, 5) is 25.1. The van der Waals surface area contributed by atoms with E-state index in [2.05, 4.69) is 0 Å². The lowest BCUT2D eigenvalue weighted by Gasteiger charge is -2.34. The Kier molecular flexibility index (Phi) is 4.32. The van der Waals surface area contributed by atoms with Crippen LogP contribution in [0.1, 0.15) is 31.9 Å². The molecular formula is C16H21NO4. The Morgan fingerprint density at radius 2 is 1.90 bits per heavy atom. The maximum atomic E-state index is 12.0. The second kappa shape index (κ2) is 5.85. The van der Waals surface area contributed by atoms with Crippen LogP contribution in [0.4, 0.5) is 0 Å². The fourth-order valence-electron chi connectivity index (χ4n) is 2.53. The molecule has 0 spiro atoms. The number of nitrogens with zero attached hydrogens (tertiary/aromatic N) is 1. The number of benzene rings is 1. The van der Waals surface area contributed by atoms with Crippen molar-refractivity contribution < 1.29 is 19.4 Å². The van der Waals surface area contributed by atoms with Gasteiger partial charge in [-0.25, -0.2) is 0 Å². The van der Waals surface area contributed by atoms with E-state index in [-0.39, 0.29) is 6.54 Å². The summed E-state index contributed by atoms with van der Waals surface area (Å²) in [7, 11) is 0. The number of carboxylic acids is 1. The Morgan fingerprint density at radius 3 is 2.48 bits per heavy atom. The van der Waals surface area contributed by atoms with Crippen LogP contribution in [0.15, 0.2) is 24.3 Å². The Labute approximate surface area is 124 Å². The first kappa shape index (κ1) is 15.5. The SMILES string of the molecule is CC(C)(C)OC(=O)CN1Cc2ccccc2C[C@H]1C(=O)O. The van der Waals surface area contributed by atoms with E-state index in [0.717, 1.165) is 11.1 Å². The standard InChI is InChI=1S/C16H21NO4/c1-16(2,3)21-14(18)10-17-9-12-7-5-4-6-11(12)8-13(17)15(19)20/h4-7,13H,8-10H2,1-3H3,(H,19,20)/t13-/m0/s1. The van der Waals surface area contributed by atoms with Gasteiger partial charge in [-0.15, -0.1) is 0 Å². The molecule has 1 N–H and O–H groups in total. The van der Waals surface area contributed by atoms with Gasteiger partial charge in [0.2, 0.25) is 0 Å². The van der Waals surface area contributed by atoms with Crippen molar-refractivity contribution in [2.45, 2.75) is 45.4 Å². The average Bonchev–Trinajstić information content (AvgIpc) is 2.35. The lowest BCUT2D eigenvalue weighted by Crippen LogP contribution is -2.48. The highest BCUT2D eigenvalue weighted by molar-refractivity contribution is 5.77. The minimum atomic E-state index is -0.909. The predicted octanol–water partition coefficient (Wildman–Crippen LogP) is 1.84. The van der Waals surface area contributed by atoms with Crippen molar-refractivity contribution in [2.75, 3.05) is 6.54 Å². The monoisotopic (exact) mass is 291 g/mol. The molecule has 0 saturated heterocycles. The number of rotatable bonds is 3. The second-order valence-electron chi connectivity index (χ2n) is 6.32. The van der Waals surface area contributed by atoms with Crippen LogP contribution in [0.3, 0.4) is 0 Å². The Hall–Kier alpha value is -1.88. The maximum Gasteiger partial charge on any atom is 0.321 e. The van der Waals surface area contributed by atoms with Crippen LogP contribution in [0, 0.1) is 0 Å². The van der Waals surface area contributed by atoms with E-state index in [1.807, 2.05) is 24.3 Å². The summed E-state index contributed by atoms with van der Waals surface area (Å²) in [5, 5.41) is 9.39. The number of hydrogen-bond donors (Lipinski definition) is 1. The smallest absolute Gasteiger partial charge is 0.321 e. The molecule has 1 aliphatic rings. The summed E-state index contributed by atoms with van der Waals surface area (Å²) < 4.78 is 5.28. The van der Waals surface area contributed by atoms with E-state index < -0.39 is 23.6 Å². The number of carbonyl (C=O) groups is 2. The average molecular weight is 291 g/mol. The summed E-state index contributed by atoms with van der Waals surface area (Å²) >= 11 is 0. The van der Waals surface area contributed by atoms with Crippen LogP contribution in [0.25, 0.3) is 0 Å². The van der Waals surface area contributed by atoms with Gasteiger partial charge in [0.05, 0.1) is 6.54 Å². The van der Waals surface area contributed by atoms with Gasteiger partial charge in [-0.05, 0) is 38.3 Å². The van der Waals surface area contributed by atoms with E-state index in [4.69, 9.17) is 4.74 Å². The molecule has 0 amide bonds. The van der Waals surface area contributed by atoms with Crippen molar-refractivity contribution in [1.29, 1.82) is 0 Å². The quantitative estimate of drug-likeness (QED) is 0.861. The number of esters is 1. The molecular weight excluding hydrogens is 270 g/mol. The highest BCUT2D eigenvalue weighted by atomic mass is 16.6. The van der Waals surface area contributed by atoms with Gasteiger partial charge in [-0.1, -0.05) is 24.3 Å². The molecule has 0 fully saturated rings. The van der Waals surface area contributed by atoms with Crippen LogP contribution in [-0.4, -0.2) is 40.1 Å². The van der Waals surface area contributed by atoms with Gasteiger partial charge in [-0.3, -0.25) is 14.5 Å². The van der Waals surface area contributed by atoms with E-state index in [1.165, 1.54) is 0 Å². The topological polar surface area (TPSA) is 66.8 Å². The molecule has 0 bridgehead atoms. The van der Waals surface area contributed by atoms with Crippen molar-refractivity contribution in [2.24, 2.45) is 0 Å². The summed E-state index contributed by atoms with van der Waals surface area (Å²) in [6.45, 7) is 5.83. The maximum absolute atomic E-state index is 12.0. The number of aliphatic carboxylic acids is 1. The van der Waals surface area contributed by atoms with Gasteiger partial charge in [0.15, 0.2) is 0 Å². The molecule has 114 valence electrons. The third-order valence-corrected chi connectivity index (χ3v) is 3.38. The lowest BCUT2D eigenvalue weighted by atomic mass is 9.94. The zero-order valence-corrected chi connectivity index (χ0v) is 12.6. The third-order valence-electron chi connectivity index (χ3n) is 3.38. The predicted molar refractivity (Wildman–Crippen MR) is 77.8 cm³/mol. The molecule has 0 aromatic heterocycles. The summed E-state index contributed by atoms with van der Waals surface area (Å²) in [6, 6.07) is 7.05. The van der Waals surface area contributed by atoms with Crippen molar-refractivity contribution >= 4 is 11.9 Å². The van der Waals surface area contributed by atoms with Gasteiger partial charge in [0.25, 0.3) is 0 Å². The van der Waals surface area contributed by atoms with E-state index in [9.17, 15) is 14.7 Å². The first-order valence-corrected chi connectivity index (χ1v) is 7.02. The van der Waals surface area contributed by atoms with E-state index in [0.29, 0.717) is 13.0 Å². The van der Waals surface area contributed by atoms with Gasteiger partial charge < -0.3 is 9.84 Å². The van der Waals surface area contributed by atoms with E-state index in [1.54, 1.807) is 25.7 Å². The molecule has 1 aliphatic heterocycles. The second-order valence-corrected chi connectivity index (χ2v) is 6.32. The normalized spacial score (nSPS) is 18.9. The van der Waals surface area contributed by atoms with Crippen molar-refractivity contribution in [3.05, 3.63) is 35.4 Å². The van der Waals surface area contributed by atoms with Gasteiger partial charge >= 0.3 is 11.9 Å². The molecule has 1 atom stereocenters. The molecule has 0 unspecified atom stereocenters. The molecule has 5 nitrogen and oxygen atoms in total. The van der Waals surface area contributed by atoms with Crippen molar-refractivity contribution in [3.8, 4) is 0 Å². The molecule has 1 heterocycles. The first-order valence-electron chi connectivity index (χ1n) is 7.02. The largest absolute Gasteiger partial charge is 0.480 e. The molecule has 21 heavy (non-hydrogen) atoms. The molecule has 5 heteroatoms. The molecule has 0 saturated carbocycles. The lowest BCUT2D eigenvalue weighted by molar-refractivity contribution is -0.158. The highest BCUT2D eigenvalue weighted by Gasteiger charge is 2.33. The Bertz CT molecular complexity index is 547. The minimum absolute atomic E-state index is 0.0113. The van der Waals surface area contributed by atoms with E-state index >= 15 is 0 Å². The van der Waals surface area contributed by atoms with Gasteiger partial charge in [0.1, 0.15) is 11.6 Å². The summed E-state index contributed by atoms with van der Waals surface area (Å²) in [6.07, 6.45) is 0.411. The third kappa shape index (κ3) is 4.04. The fourth-order valence-corrected chi connectivity index (χ4v) is 2.53. The Morgan fingerprint density at radius 1 is 1.29 bits per heavy atom. The molecule has 0 radical (unpaired) electrons. The number of hydrogen-bond acceptors (Lipinski definition) is 4. The number of carboxylic acid groups (broad SMARTS) is 1. The van der Waals surface area contributed by atoms with Crippen LogP contribution < -0.4 is 0 Å². The van der Waals surface area contributed by atoms with Crippen molar-refractivity contribution in [3.63, 3.8) is 0 Å². The van der Waals surface area contributed by atoms with Crippen LogP contribution in [0.2, 0.25) is 0 Å². The summed E-state index contributed by atoms with van der Waals surface area (Å²) in [5.74, 6) is -1.30. The zero-order valence-electron chi connectivity index (χ0n) is 12.6. The molecule has 2 rings (SSSR count). The number of fused-ring (bicyclic) bond motifs is 1. The first-order chi connectivity index (χ1) is 9.76. The highest BCUT2D eigenvalue weighted by Crippen LogP contribution is 2.23. The minimum Gasteiger partial charge on any atom is -0.480 e. The zero-order chi connectivity index (χ0) is 15.6. The number of ether oxygens (including phenoxy) is 1. The van der Waals surface area contributed by atoms with Crippen molar-refractivity contribution in [1.82, 2.24) is 4.90 Å². The summed E-state index contributed by atoms with van der Waals surface area (Å²) in [5.41, 5.74) is 1.53. The van der Waals surface area contributed by atoms with Crippen LogP contribution in [0.5, 0.6) is 0 Å². The molecule has 1 aromatic carbocycles. The van der Waals surface area contributed by atoms with Gasteiger partial charge in [-0.2, -0.15) is 0 Å². The fraction of sp³-hybridized carbons (Fsp3) is 0.500. The Balaban J connectivity index is 2.14. The van der Waals surface area contributed by atoms with Crippen LogP contribution in [-0.2, 0) is 27.3 Å². The molecule has 0 aliphatic carbocycles. The number of carbonyl (C=O) groups excluding carboxylic acids is 1. The molecule has 1 aromatic rings. The van der Waals surface area contributed by atoms with Gasteiger partial charge in [0, 0.05) is 6.54 Å².